The topological polar surface area (TPSA) is 25.0 Å². The van der Waals surface area contributed by atoms with Crippen LogP contribution in [0, 0.1) is 0 Å². The first-order chi connectivity index (χ1) is 8.38. The highest BCUT2D eigenvalue weighted by atomic mass is 16.5. The molecule has 2 heteroatoms. The van der Waals surface area contributed by atoms with Gasteiger partial charge in [0.15, 0.2) is 0 Å². The molecule has 0 unspecified atom stereocenters. The standard InChI is InChI=1S/C15H13NO/c1-2-9-17-11-7-8-13-12-5-3-4-6-14(12)16-15(13)10-11/h2-8,10,16H,1,9H2. The van der Waals surface area contributed by atoms with Crippen molar-refractivity contribution < 1.29 is 4.74 Å². The van der Waals surface area contributed by atoms with E-state index in [0.717, 1.165) is 16.8 Å². The van der Waals surface area contributed by atoms with Crippen molar-refractivity contribution in [2.75, 3.05) is 6.61 Å². The van der Waals surface area contributed by atoms with Crippen LogP contribution in [0.5, 0.6) is 5.75 Å². The van der Waals surface area contributed by atoms with Crippen LogP contribution in [-0.2, 0) is 0 Å². The molecule has 17 heavy (non-hydrogen) atoms. The number of benzene rings is 2. The van der Waals surface area contributed by atoms with E-state index in [0.29, 0.717) is 6.61 Å². The predicted octanol–water partition coefficient (Wildman–Crippen LogP) is 3.89. The highest BCUT2D eigenvalue weighted by Crippen LogP contribution is 2.27. The molecule has 0 saturated heterocycles. The molecule has 0 bridgehead atoms. The van der Waals surface area contributed by atoms with Gasteiger partial charge < -0.3 is 9.72 Å². The SMILES string of the molecule is C=CCOc1ccc2c(c1)[nH]c1ccccc12. The molecule has 0 atom stereocenters. The molecule has 0 aliphatic rings. The van der Waals surface area contributed by atoms with Gasteiger partial charge in [-0.1, -0.05) is 30.9 Å². The molecule has 0 fully saturated rings. The lowest BCUT2D eigenvalue weighted by atomic mass is 10.1. The maximum Gasteiger partial charge on any atom is 0.121 e. The number of H-pyrrole nitrogens is 1. The van der Waals surface area contributed by atoms with Crippen molar-refractivity contribution in [2.45, 2.75) is 0 Å². The van der Waals surface area contributed by atoms with Crippen LogP contribution in [0.1, 0.15) is 0 Å². The van der Waals surface area contributed by atoms with Crippen LogP contribution in [0.15, 0.2) is 55.1 Å². The maximum atomic E-state index is 5.52. The Kier molecular flexibility index (Phi) is 2.33. The second-order valence-corrected chi connectivity index (χ2v) is 3.98. The van der Waals surface area contributed by atoms with Gasteiger partial charge in [-0.2, -0.15) is 0 Å². The van der Waals surface area contributed by atoms with Crippen LogP contribution in [0.3, 0.4) is 0 Å². The van der Waals surface area contributed by atoms with Crippen LogP contribution >= 0.6 is 0 Å². The molecule has 3 rings (SSSR count). The van der Waals surface area contributed by atoms with Gasteiger partial charge >= 0.3 is 0 Å². The van der Waals surface area contributed by atoms with Crippen molar-refractivity contribution in [1.82, 2.24) is 4.98 Å². The fourth-order valence-electron chi connectivity index (χ4n) is 2.08. The van der Waals surface area contributed by atoms with Crippen molar-refractivity contribution in [2.24, 2.45) is 0 Å². The van der Waals surface area contributed by atoms with E-state index in [-0.39, 0.29) is 0 Å². The van der Waals surface area contributed by atoms with Crippen molar-refractivity contribution in [3.8, 4) is 5.75 Å². The molecule has 0 aliphatic heterocycles. The Balaban J connectivity index is 2.16. The average molecular weight is 223 g/mol. The molecule has 1 aromatic heterocycles. The Morgan fingerprint density at radius 2 is 1.88 bits per heavy atom. The Hall–Kier alpha value is -2.22. The van der Waals surface area contributed by atoms with Gasteiger partial charge in [-0.25, -0.2) is 0 Å². The highest BCUT2D eigenvalue weighted by molar-refractivity contribution is 6.07. The van der Waals surface area contributed by atoms with E-state index < -0.39 is 0 Å². The van der Waals surface area contributed by atoms with Gasteiger partial charge in [-0.15, -0.1) is 0 Å². The third-order valence-electron chi connectivity index (χ3n) is 2.85. The van der Waals surface area contributed by atoms with Crippen LogP contribution in [0.25, 0.3) is 21.8 Å². The number of para-hydroxylation sites is 1. The summed E-state index contributed by atoms with van der Waals surface area (Å²) in [7, 11) is 0. The van der Waals surface area contributed by atoms with Gasteiger partial charge in [0.05, 0.1) is 5.52 Å². The number of hydrogen-bond acceptors (Lipinski definition) is 1. The minimum atomic E-state index is 0.533. The van der Waals surface area contributed by atoms with Crippen molar-refractivity contribution in [1.29, 1.82) is 0 Å². The van der Waals surface area contributed by atoms with Gasteiger partial charge in [-0.05, 0) is 18.2 Å². The zero-order chi connectivity index (χ0) is 11.7. The normalized spacial score (nSPS) is 10.8. The lowest BCUT2D eigenvalue weighted by Gasteiger charge is -2.02. The number of aromatic nitrogens is 1. The monoisotopic (exact) mass is 223 g/mol. The van der Waals surface area contributed by atoms with E-state index in [1.807, 2.05) is 18.2 Å². The maximum absolute atomic E-state index is 5.52. The predicted molar refractivity (Wildman–Crippen MR) is 71.5 cm³/mol. The second kappa shape index (κ2) is 3.98. The first-order valence-corrected chi connectivity index (χ1v) is 5.62. The number of fused-ring (bicyclic) bond motifs is 3. The Labute approximate surface area is 99.5 Å². The summed E-state index contributed by atoms with van der Waals surface area (Å²) in [5.41, 5.74) is 2.26. The molecule has 0 radical (unpaired) electrons. The number of hydrogen-bond donors (Lipinski definition) is 1. The van der Waals surface area contributed by atoms with Gasteiger partial charge in [0, 0.05) is 22.4 Å². The highest BCUT2D eigenvalue weighted by Gasteiger charge is 2.04. The van der Waals surface area contributed by atoms with Gasteiger partial charge in [0.1, 0.15) is 12.4 Å². The smallest absolute Gasteiger partial charge is 0.121 e. The third-order valence-corrected chi connectivity index (χ3v) is 2.85. The largest absolute Gasteiger partial charge is 0.489 e. The first-order valence-electron chi connectivity index (χ1n) is 5.62. The van der Waals surface area contributed by atoms with Crippen LogP contribution in [-0.4, -0.2) is 11.6 Å². The Morgan fingerprint density at radius 1 is 1.06 bits per heavy atom. The first kappa shape index (κ1) is 9.97. The zero-order valence-corrected chi connectivity index (χ0v) is 9.44. The molecule has 2 nitrogen and oxygen atoms in total. The molecule has 1 heterocycles. The van der Waals surface area contributed by atoms with Crippen molar-refractivity contribution in [3.05, 3.63) is 55.1 Å². The number of rotatable bonds is 3. The van der Waals surface area contributed by atoms with Gasteiger partial charge in [0.2, 0.25) is 0 Å². The number of nitrogens with one attached hydrogen (secondary N) is 1. The van der Waals surface area contributed by atoms with Crippen molar-refractivity contribution in [3.63, 3.8) is 0 Å². The van der Waals surface area contributed by atoms with Gasteiger partial charge in [-0.3, -0.25) is 0 Å². The van der Waals surface area contributed by atoms with Crippen LogP contribution < -0.4 is 4.74 Å². The minimum absolute atomic E-state index is 0.533. The van der Waals surface area contributed by atoms with E-state index >= 15 is 0 Å². The summed E-state index contributed by atoms with van der Waals surface area (Å²) in [6.45, 7) is 4.17. The molecule has 0 amide bonds. The molecule has 0 spiro atoms. The molecule has 2 aromatic carbocycles. The Bertz CT molecular complexity index is 682. The van der Waals surface area contributed by atoms with Crippen LogP contribution in [0.4, 0.5) is 0 Å². The van der Waals surface area contributed by atoms with E-state index in [1.165, 1.54) is 10.8 Å². The summed E-state index contributed by atoms with van der Waals surface area (Å²) in [4.78, 5) is 3.39. The Morgan fingerprint density at radius 3 is 2.76 bits per heavy atom. The summed E-state index contributed by atoms with van der Waals surface area (Å²) >= 11 is 0. The summed E-state index contributed by atoms with van der Waals surface area (Å²) in [6, 6.07) is 14.4. The van der Waals surface area contributed by atoms with E-state index in [1.54, 1.807) is 6.08 Å². The summed E-state index contributed by atoms with van der Waals surface area (Å²) < 4.78 is 5.52. The molecule has 3 aromatic rings. The number of aromatic amines is 1. The molecular formula is C15H13NO. The average Bonchev–Trinajstić information content (AvgIpc) is 2.74. The number of ether oxygens (including phenoxy) is 1. The van der Waals surface area contributed by atoms with Crippen LogP contribution in [0.2, 0.25) is 0 Å². The minimum Gasteiger partial charge on any atom is -0.489 e. The van der Waals surface area contributed by atoms with Crippen molar-refractivity contribution >= 4 is 21.8 Å². The second-order valence-electron chi connectivity index (χ2n) is 3.98. The molecule has 0 saturated carbocycles. The van der Waals surface area contributed by atoms with E-state index in [4.69, 9.17) is 4.74 Å². The molecule has 1 N–H and O–H groups in total. The lowest BCUT2D eigenvalue weighted by molar-refractivity contribution is 0.364. The summed E-state index contributed by atoms with van der Waals surface area (Å²) in [5.74, 6) is 0.865. The quantitative estimate of drug-likeness (QED) is 0.669. The molecule has 0 aliphatic carbocycles. The fourth-order valence-corrected chi connectivity index (χ4v) is 2.08. The summed E-state index contributed by atoms with van der Waals surface area (Å²) in [5, 5.41) is 2.48. The molecule has 84 valence electrons. The summed E-state index contributed by atoms with van der Waals surface area (Å²) in [6.07, 6.45) is 1.75. The molecular weight excluding hydrogens is 210 g/mol. The van der Waals surface area contributed by atoms with E-state index in [9.17, 15) is 0 Å². The third kappa shape index (κ3) is 1.68. The zero-order valence-electron chi connectivity index (χ0n) is 9.44. The van der Waals surface area contributed by atoms with E-state index in [2.05, 4.69) is 35.8 Å². The lowest BCUT2D eigenvalue weighted by Crippen LogP contribution is -1.91. The van der Waals surface area contributed by atoms with Gasteiger partial charge in [0.25, 0.3) is 0 Å². The fraction of sp³-hybridized carbons (Fsp3) is 0.0667.